The van der Waals surface area contributed by atoms with Crippen LogP contribution in [0.3, 0.4) is 0 Å². The average Bonchev–Trinajstić information content (AvgIpc) is 2.27. The van der Waals surface area contributed by atoms with Crippen LogP contribution < -0.4 is 0 Å². The van der Waals surface area contributed by atoms with E-state index >= 15 is 0 Å². The molecule has 0 fully saturated rings. The molecular formula is C14H23NS2. The van der Waals surface area contributed by atoms with E-state index in [1.165, 1.54) is 12.1 Å². The standard InChI is InChI=1S/C14H23NS2/c1-6-13(17-14(3,4)5)16-11(2)12-9-7-8-10-15-12/h7-11,13H,6H2,1-5H3. The molecular weight excluding hydrogens is 246 g/mol. The van der Waals surface area contributed by atoms with E-state index in [4.69, 9.17) is 0 Å². The molecule has 0 N–H and O–H groups in total. The Morgan fingerprint density at radius 2 is 2.00 bits per heavy atom. The summed E-state index contributed by atoms with van der Waals surface area (Å²) in [5.41, 5.74) is 1.19. The lowest BCUT2D eigenvalue weighted by Crippen LogP contribution is -2.13. The van der Waals surface area contributed by atoms with Crippen LogP contribution in [0.25, 0.3) is 0 Å². The summed E-state index contributed by atoms with van der Waals surface area (Å²) in [4.78, 5) is 4.43. The minimum absolute atomic E-state index is 0.331. The molecule has 0 saturated heterocycles. The lowest BCUT2D eigenvalue weighted by molar-refractivity contribution is 0.797. The third kappa shape index (κ3) is 5.82. The number of thioether (sulfide) groups is 2. The molecule has 0 aliphatic carbocycles. The number of rotatable bonds is 5. The van der Waals surface area contributed by atoms with Crippen molar-refractivity contribution >= 4 is 23.5 Å². The molecule has 0 bridgehead atoms. The molecule has 0 aliphatic rings. The van der Waals surface area contributed by atoms with Crippen LogP contribution in [0, 0.1) is 0 Å². The third-order valence-corrected chi connectivity index (χ3v) is 5.49. The van der Waals surface area contributed by atoms with Crippen molar-refractivity contribution in [1.82, 2.24) is 4.98 Å². The predicted octanol–water partition coefficient (Wildman–Crippen LogP) is 5.14. The van der Waals surface area contributed by atoms with Crippen LogP contribution in [-0.2, 0) is 0 Å². The Morgan fingerprint density at radius 3 is 2.47 bits per heavy atom. The molecule has 2 atom stereocenters. The van der Waals surface area contributed by atoms with Gasteiger partial charge in [0.1, 0.15) is 0 Å². The van der Waals surface area contributed by atoms with Gasteiger partial charge in [-0.2, -0.15) is 0 Å². The van der Waals surface area contributed by atoms with Crippen molar-refractivity contribution in [1.29, 1.82) is 0 Å². The van der Waals surface area contributed by atoms with Gasteiger partial charge in [-0.1, -0.05) is 33.8 Å². The van der Waals surface area contributed by atoms with Crippen molar-refractivity contribution in [3.05, 3.63) is 30.1 Å². The maximum Gasteiger partial charge on any atom is 0.0531 e. The average molecular weight is 269 g/mol. The van der Waals surface area contributed by atoms with Gasteiger partial charge < -0.3 is 0 Å². The Bertz CT molecular complexity index is 319. The second-order valence-corrected chi connectivity index (χ2v) is 8.98. The summed E-state index contributed by atoms with van der Waals surface area (Å²) in [5.74, 6) is 0. The molecule has 2 unspecified atom stereocenters. The van der Waals surface area contributed by atoms with E-state index in [-0.39, 0.29) is 0 Å². The first-order valence-electron chi connectivity index (χ1n) is 6.16. The summed E-state index contributed by atoms with van der Waals surface area (Å²) < 4.78 is 0.976. The Hall–Kier alpha value is -0.150. The van der Waals surface area contributed by atoms with E-state index in [1.54, 1.807) is 0 Å². The molecule has 17 heavy (non-hydrogen) atoms. The number of aromatic nitrogens is 1. The van der Waals surface area contributed by atoms with Gasteiger partial charge in [-0.05, 0) is 25.5 Å². The van der Waals surface area contributed by atoms with Crippen molar-refractivity contribution in [3.8, 4) is 0 Å². The molecule has 3 heteroatoms. The van der Waals surface area contributed by atoms with Crippen LogP contribution in [0.5, 0.6) is 0 Å². The fourth-order valence-electron chi connectivity index (χ4n) is 1.52. The van der Waals surface area contributed by atoms with E-state index < -0.39 is 0 Å². The highest BCUT2D eigenvalue weighted by molar-refractivity contribution is 8.17. The Labute approximate surface area is 114 Å². The van der Waals surface area contributed by atoms with Gasteiger partial charge in [0.2, 0.25) is 0 Å². The van der Waals surface area contributed by atoms with Gasteiger partial charge in [0.15, 0.2) is 0 Å². The summed E-state index contributed by atoms with van der Waals surface area (Å²) in [6, 6.07) is 6.16. The first kappa shape index (κ1) is 14.9. The molecule has 1 aromatic heterocycles. The first-order valence-corrected chi connectivity index (χ1v) is 7.99. The summed E-state index contributed by atoms with van der Waals surface area (Å²) in [6.45, 7) is 11.4. The van der Waals surface area contributed by atoms with Gasteiger partial charge in [0.05, 0.1) is 10.3 Å². The van der Waals surface area contributed by atoms with Crippen LogP contribution in [0.4, 0.5) is 0 Å². The van der Waals surface area contributed by atoms with Crippen LogP contribution >= 0.6 is 23.5 Å². The third-order valence-electron chi connectivity index (χ3n) is 2.28. The van der Waals surface area contributed by atoms with E-state index in [0.29, 0.717) is 14.6 Å². The smallest absolute Gasteiger partial charge is 0.0531 e. The summed E-state index contributed by atoms with van der Waals surface area (Å²) >= 11 is 4.09. The number of nitrogens with zero attached hydrogens (tertiary/aromatic N) is 1. The van der Waals surface area contributed by atoms with Crippen LogP contribution in [0.1, 0.15) is 52.0 Å². The van der Waals surface area contributed by atoms with Gasteiger partial charge in [0.25, 0.3) is 0 Å². The zero-order valence-electron chi connectivity index (χ0n) is 11.4. The van der Waals surface area contributed by atoms with Gasteiger partial charge in [-0.25, -0.2) is 0 Å². The fraction of sp³-hybridized carbons (Fsp3) is 0.643. The van der Waals surface area contributed by atoms with Gasteiger partial charge in [-0.3, -0.25) is 4.98 Å². The van der Waals surface area contributed by atoms with Gasteiger partial charge in [0, 0.05) is 16.2 Å². The Kier molecular flexibility index (Phi) is 5.87. The molecule has 0 aromatic carbocycles. The quantitative estimate of drug-likeness (QED) is 0.687. The van der Waals surface area contributed by atoms with Crippen molar-refractivity contribution in [2.75, 3.05) is 0 Å². The molecule has 1 rings (SSSR count). The fourth-order valence-corrected chi connectivity index (χ4v) is 4.99. The van der Waals surface area contributed by atoms with E-state index in [9.17, 15) is 0 Å². The largest absolute Gasteiger partial charge is 0.260 e. The molecule has 0 spiro atoms. The van der Waals surface area contributed by atoms with Crippen LogP contribution in [0.2, 0.25) is 0 Å². The summed E-state index contributed by atoms with van der Waals surface area (Å²) in [6.07, 6.45) is 3.08. The number of hydrogen-bond acceptors (Lipinski definition) is 3. The molecule has 1 aromatic rings. The molecule has 1 nitrogen and oxygen atoms in total. The molecule has 0 amide bonds. The van der Waals surface area contributed by atoms with E-state index in [0.717, 1.165) is 0 Å². The second-order valence-electron chi connectivity index (χ2n) is 5.10. The van der Waals surface area contributed by atoms with Crippen molar-refractivity contribution < 1.29 is 0 Å². The zero-order valence-corrected chi connectivity index (χ0v) is 13.1. The summed E-state index contributed by atoms with van der Waals surface area (Å²) in [7, 11) is 0. The van der Waals surface area contributed by atoms with Crippen LogP contribution in [0.15, 0.2) is 24.4 Å². The van der Waals surface area contributed by atoms with Crippen molar-refractivity contribution in [2.45, 2.75) is 55.6 Å². The number of hydrogen-bond donors (Lipinski definition) is 0. The van der Waals surface area contributed by atoms with Crippen molar-refractivity contribution in [2.24, 2.45) is 0 Å². The topological polar surface area (TPSA) is 12.9 Å². The van der Waals surface area contributed by atoms with Gasteiger partial charge >= 0.3 is 0 Å². The lowest BCUT2D eigenvalue weighted by atomic mass is 10.3. The predicted molar refractivity (Wildman–Crippen MR) is 81.7 cm³/mol. The second kappa shape index (κ2) is 6.69. The lowest BCUT2D eigenvalue weighted by Gasteiger charge is -2.26. The molecule has 0 saturated carbocycles. The highest BCUT2D eigenvalue weighted by atomic mass is 32.2. The van der Waals surface area contributed by atoms with Crippen LogP contribution in [-0.4, -0.2) is 14.3 Å². The zero-order chi connectivity index (χ0) is 12.9. The highest BCUT2D eigenvalue weighted by Gasteiger charge is 2.21. The Morgan fingerprint density at radius 1 is 1.29 bits per heavy atom. The maximum atomic E-state index is 4.43. The molecule has 1 heterocycles. The van der Waals surface area contributed by atoms with Gasteiger partial charge in [-0.15, -0.1) is 23.5 Å². The normalized spacial score (nSPS) is 15.6. The minimum Gasteiger partial charge on any atom is -0.260 e. The maximum absolute atomic E-state index is 4.43. The van der Waals surface area contributed by atoms with E-state index in [2.05, 4.69) is 63.5 Å². The monoisotopic (exact) mass is 269 g/mol. The first-order chi connectivity index (χ1) is 7.92. The molecule has 96 valence electrons. The molecule has 0 aliphatic heterocycles. The Balaban J connectivity index is 2.57. The molecule has 0 radical (unpaired) electrons. The highest BCUT2D eigenvalue weighted by Crippen LogP contribution is 2.42. The van der Waals surface area contributed by atoms with Crippen molar-refractivity contribution in [3.63, 3.8) is 0 Å². The minimum atomic E-state index is 0.331. The summed E-state index contributed by atoms with van der Waals surface area (Å²) in [5, 5.41) is 0.469. The SMILES string of the molecule is CCC(SC(C)c1ccccn1)SC(C)(C)C. The number of pyridine rings is 1. The van der Waals surface area contributed by atoms with E-state index in [1.807, 2.05) is 24.0 Å².